The SMILES string of the molecule is N#CCCN(C(=O)c1cc(N)c(Cl)cn1)c1ccc2c(c1)OCCO2. The zero-order valence-corrected chi connectivity index (χ0v) is 14.0. The van der Waals surface area contributed by atoms with E-state index in [2.05, 4.69) is 4.98 Å². The van der Waals surface area contributed by atoms with Crippen molar-refractivity contribution < 1.29 is 14.3 Å². The Morgan fingerprint density at radius 2 is 2.08 bits per heavy atom. The van der Waals surface area contributed by atoms with Gasteiger partial charge in [0.1, 0.15) is 18.9 Å². The minimum Gasteiger partial charge on any atom is -0.486 e. The molecule has 1 aromatic heterocycles. The molecule has 8 heteroatoms. The molecule has 1 aliphatic rings. The number of hydrogen-bond donors (Lipinski definition) is 1. The van der Waals surface area contributed by atoms with Gasteiger partial charge in [-0.2, -0.15) is 5.26 Å². The van der Waals surface area contributed by atoms with Crippen molar-refractivity contribution in [2.24, 2.45) is 0 Å². The Morgan fingerprint density at radius 1 is 1.32 bits per heavy atom. The van der Waals surface area contributed by atoms with Gasteiger partial charge < -0.3 is 20.1 Å². The molecule has 7 nitrogen and oxygen atoms in total. The van der Waals surface area contributed by atoms with Crippen molar-refractivity contribution >= 4 is 28.9 Å². The molecule has 0 spiro atoms. The number of pyridine rings is 1. The molecule has 3 rings (SSSR count). The Hall–Kier alpha value is -2.98. The van der Waals surface area contributed by atoms with Crippen LogP contribution in [0.5, 0.6) is 11.5 Å². The number of ether oxygens (including phenoxy) is 2. The smallest absolute Gasteiger partial charge is 0.276 e. The maximum atomic E-state index is 12.9. The molecule has 2 N–H and O–H groups in total. The lowest BCUT2D eigenvalue weighted by atomic mass is 10.2. The van der Waals surface area contributed by atoms with Crippen molar-refractivity contribution in [3.05, 3.63) is 41.2 Å². The highest BCUT2D eigenvalue weighted by atomic mass is 35.5. The first-order valence-corrected chi connectivity index (χ1v) is 7.97. The second-order valence-electron chi connectivity index (χ2n) is 5.28. The number of carbonyl (C=O) groups excluding carboxylic acids is 1. The molecule has 0 atom stereocenters. The van der Waals surface area contributed by atoms with Crippen LogP contribution in [0.25, 0.3) is 0 Å². The number of rotatable bonds is 4. The van der Waals surface area contributed by atoms with Crippen molar-refractivity contribution in [2.45, 2.75) is 6.42 Å². The average molecular weight is 359 g/mol. The van der Waals surface area contributed by atoms with E-state index < -0.39 is 0 Å². The third-order valence-electron chi connectivity index (χ3n) is 3.63. The van der Waals surface area contributed by atoms with E-state index in [-0.39, 0.29) is 35.3 Å². The maximum absolute atomic E-state index is 12.9. The molecule has 2 heterocycles. The molecule has 0 saturated heterocycles. The first-order chi connectivity index (χ1) is 12.1. The van der Waals surface area contributed by atoms with E-state index in [4.69, 9.17) is 32.1 Å². The van der Waals surface area contributed by atoms with E-state index in [0.29, 0.717) is 30.4 Å². The van der Waals surface area contributed by atoms with Gasteiger partial charge >= 0.3 is 0 Å². The van der Waals surface area contributed by atoms with Crippen LogP contribution in [0.3, 0.4) is 0 Å². The van der Waals surface area contributed by atoms with Gasteiger partial charge in [0.2, 0.25) is 0 Å². The molecule has 0 radical (unpaired) electrons. The van der Waals surface area contributed by atoms with Crippen molar-refractivity contribution in [3.63, 3.8) is 0 Å². The standard InChI is InChI=1S/C17H15ClN4O3/c18-12-10-21-14(9-13(12)20)17(23)22(5-1-4-19)11-2-3-15-16(8-11)25-7-6-24-15/h2-3,8-10H,1,5-7H2,(H2,20,21). The van der Waals surface area contributed by atoms with Gasteiger partial charge in [0.05, 0.1) is 23.2 Å². The molecular weight excluding hydrogens is 344 g/mol. The molecule has 0 unspecified atom stereocenters. The first kappa shape index (κ1) is 16.9. The fourth-order valence-corrected chi connectivity index (χ4v) is 2.52. The normalized spacial score (nSPS) is 12.3. The molecule has 25 heavy (non-hydrogen) atoms. The molecule has 0 bridgehead atoms. The number of amides is 1. The summed E-state index contributed by atoms with van der Waals surface area (Å²) >= 11 is 5.86. The third-order valence-corrected chi connectivity index (χ3v) is 3.95. The predicted octanol–water partition coefficient (Wildman–Crippen LogP) is 2.65. The highest BCUT2D eigenvalue weighted by Gasteiger charge is 2.22. The van der Waals surface area contributed by atoms with Crippen LogP contribution in [0.4, 0.5) is 11.4 Å². The summed E-state index contributed by atoms with van der Waals surface area (Å²) in [5, 5.41) is 9.18. The van der Waals surface area contributed by atoms with E-state index in [0.717, 1.165) is 0 Å². The molecule has 0 fully saturated rings. The highest BCUT2D eigenvalue weighted by molar-refractivity contribution is 6.33. The van der Waals surface area contributed by atoms with Crippen LogP contribution >= 0.6 is 11.6 Å². The topological polar surface area (TPSA) is 101 Å². The van der Waals surface area contributed by atoms with Crippen molar-refractivity contribution in [1.29, 1.82) is 5.26 Å². The number of nitriles is 1. The number of carbonyl (C=O) groups is 1. The Kier molecular flexibility index (Phi) is 4.91. The number of nitrogens with two attached hydrogens (primary N) is 1. The average Bonchev–Trinajstić information content (AvgIpc) is 2.64. The fourth-order valence-electron chi connectivity index (χ4n) is 2.42. The second-order valence-corrected chi connectivity index (χ2v) is 5.69. The summed E-state index contributed by atoms with van der Waals surface area (Å²) < 4.78 is 11.0. The van der Waals surface area contributed by atoms with Gasteiger partial charge in [-0.3, -0.25) is 4.79 Å². The number of aromatic nitrogens is 1. The molecular formula is C17H15ClN4O3. The van der Waals surface area contributed by atoms with E-state index in [1.54, 1.807) is 18.2 Å². The predicted molar refractivity (Wildman–Crippen MR) is 93.0 cm³/mol. The van der Waals surface area contributed by atoms with Crippen molar-refractivity contribution in [2.75, 3.05) is 30.4 Å². The summed E-state index contributed by atoms with van der Waals surface area (Å²) in [6.07, 6.45) is 1.50. The highest BCUT2D eigenvalue weighted by Crippen LogP contribution is 2.34. The minimum atomic E-state index is -0.379. The van der Waals surface area contributed by atoms with Gasteiger partial charge in [0.25, 0.3) is 5.91 Å². The molecule has 1 amide bonds. The third kappa shape index (κ3) is 3.59. The van der Waals surface area contributed by atoms with Crippen LogP contribution in [0, 0.1) is 11.3 Å². The number of nitrogens with zero attached hydrogens (tertiary/aromatic N) is 3. The molecule has 1 aromatic carbocycles. The van der Waals surface area contributed by atoms with Crippen molar-refractivity contribution in [3.8, 4) is 17.6 Å². The Balaban J connectivity index is 1.95. The van der Waals surface area contributed by atoms with Crippen LogP contribution in [0.1, 0.15) is 16.9 Å². The van der Waals surface area contributed by atoms with Crippen LogP contribution in [-0.4, -0.2) is 30.6 Å². The number of halogens is 1. The molecule has 2 aromatic rings. The fraction of sp³-hybridized carbons (Fsp3) is 0.235. The lowest BCUT2D eigenvalue weighted by Crippen LogP contribution is -2.32. The van der Waals surface area contributed by atoms with E-state index >= 15 is 0 Å². The van der Waals surface area contributed by atoms with Gasteiger partial charge in [-0.15, -0.1) is 0 Å². The van der Waals surface area contributed by atoms with Crippen LogP contribution in [-0.2, 0) is 0 Å². The zero-order valence-electron chi connectivity index (χ0n) is 13.2. The summed E-state index contributed by atoms with van der Waals surface area (Å²) in [6.45, 7) is 1.13. The van der Waals surface area contributed by atoms with Gasteiger partial charge in [-0.1, -0.05) is 11.6 Å². The largest absolute Gasteiger partial charge is 0.486 e. The van der Waals surface area contributed by atoms with Crippen LogP contribution in [0.15, 0.2) is 30.5 Å². The van der Waals surface area contributed by atoms with Crippen LogP contribution < -0.4 is 20.1 Å². The lowest BCUT2D eigenvalue weighted by Gasteiger charge is -2.24. The Morgan fingerprint density at radius 3 is 2.80 bits per heavy atom. The minimum absolute atomic E-state index is 0.148. The Labute approximate surface area is 149 Å². The number of anilines is 2. The molecule has 0 saturated carbocycles. The van der Waals surface area contributed by atoms with Gasteiger partial charge in [-0.25, -0.2) is 4.98 Å². The summed E-state index contributed by atoms with van der Waals surface area (Å²) in [7, 11) is 0. The second kappa shape index (κ2) is 7.28. The first-order valence-electron chi connectivity index (χ1n) is 7.59. The summed E-state index contributed by atoms with van der Waals surface area (Å²) in [5.41, 5.74) is 6.75. The summed E-state index contributed by atoms with van der Waals surface area (Å²) in [6, 6.07) is 8.65. The molecule has 128 valence electrons. The summed E-state index contributed by atoms with van der Waals surface area (Å²) in [5.74, 6) is 0.800. The zero-order chi connectivity index (χ0) is 17.8. The monoisotopic (exact) mass is 358 g/mol. The Bertz CT molecular complexity index is 850. The maximum Gasteiger partial charge on any atom is 0.276 e. The van der Waals surface area contributed by atoms with Gasteiger partial charge in [-0.05, 0) is 18.2 Å². The number of hydrogen-bond acceptors (Lipinski definition) is 6. The number of nitrogen functional groups attached to an aromatic ring is 1. The van der Waals surface area contributed by atoms with Gasteiger partial charge in [0, 0.05) is 24.5 Å². The summed E-state index contributed by atoms with van der Waals surface area (Å²) in [4.78, 5) is 18.4. The lowest BCUT2D eigenvalue weighted by molar-refractivity contribution is 0.0982. The van der Waals surface area contributed by atoms with Crippen molar-refractivity contribution in [1.82, 2.24) is 4.98 Å². The van der Waals surface area contributed by atoms with Gasteiger partial charge in [0.15, 0.2) is 11.5 Å². The van der Waals surface area contributed by atoms with E-state index in [1.807, 2.05) is 6.07 Å². The molecule has 0 aliphatic carbocycles. The van der Waals surface area contributed by atoms with E-state index in [9.17, 15) is 4.79 Å². The number of fused-ring (bicyclic) bond motifs is 1. The quantitative estimate of drug-likeness (QED) is 0.901. The van der Waals surface area contributed by atoms with E-state index in [1.165, 1.54) is 17.2 Å². The molecule has 1 aliphatic heterocycles. The van der Waals surface area contributed by atoms with Crippen LogP contribution in [0.2, 0.25) is 5.02 Å². The number of benzene rings is 1.